The van der Waals surface area contributed by atoms with Crippen LogP contribution in [0.3, 0.4) is 0 Å². The van der Waals surface area contributed by atoms with E-state index in [9.17, 15) is 10.1 Å². The van der Waals surface area contributed by atoms with Gasteiger partial charge in [0, 0.05) is 17.1 Å². The summed E-state index contributed by atoms with van der Waals surface area (Å²) in [4.78, 5) is 15.9. The number of aryl methyl sites for hydroxylation is 1. The molecule has 2 heterocycles. The fraction of sp³-hybridized carbons (Fsp3) is 0.368. The van der Waals surface area contributed by atoms with Crippen LogP contribution in [0.15, 0.2) is 24.3 Å². The molecule has 122 valence electrons. The van der Waals surface area contributed by atoms with E-state index in [1.807, 2.05) is 12.1 Å². The van der Waals surface area contributed by atoms with Crippen molar-refractivity contribution in [2.75, 3.05) is 23.3 Å². The zero-order chi connectivity index (χ0) is 16.5. The molecule has 1 aliphatic heterocycles. The van der Waals surface area contributed by atoms with Gasteiger partial charge in [-0.15, -0.1) is 11.3 Å². The van der Waals surface area contributed by atoms with Crippen LogP contribution < -0.4 is 10.2 Å². The van der Waals surface area contributed by atoms with Crippen molar-refractivity contribution >= 4 is 27.9 Å². The molecule has 24 heavy (non-hydrogen) atoms. The molecule has 0 saturated carbocycles. The normalized spacial score (nSPS) is 15.5. The Balaban J connectivity index is 1.50. The van der Waals surface area contributed by atoms with Gasteiger partial charge in [0.2, 0.25) is 5.91 Å². The first-order valence-electron chi connectivity index (χ1n) is 8.43. The van der Waals surface area contributed by atoms with Crippen molar-refractivity contribution in [2.24, 2.45) is 0 Å². The molecule has 0 bridgehead atoms. The predicted molar refractivity (Wildman–Crippen MR) is 96.7 cm³/mol. The number of carbonyl (C=O) groups is 1. The van der Waals surface area contributed by atoms with Crippen LogP contribution in [-0.4, -0.2) is 19.0 Å². The van der Waals surface area contributed by atoms with Crippen molar-refractivity contribution in [1.82, 2.24) is 0 Å². The number of anilines is 2. The molecule has 5 heteroatoms. The molecule has 1 aliphatic carbocycles. The minimum atomic E-state index is -0.0400. The lowest BCUT2D eigenvalue weighted by Gasteiger charge is -2.18. The molecule has 4 nitrogen and oxygen atoms in total. The molecular weight excluding hydrogens is 318 g/mol. The molecule has 2 aromatic rings. The number of nitrogens with one attached hydrogen (secondary N) is 1. The Kier molecular flexibility index (Phi) is 3.99. The number of hydrogen-bond acceptors (Lipinski definition) is 4. The third kappa shape index (κ3) is 2.67. The summed E-state index contributed by atoms with van der Waals surface area (Å²) in [6, 6.07) is 10.5. The van der Waals surface area contributed by atoms with Gasteiger partial charge in [0.25, 0.3) is 0 Å². The monoisotopic (exact) mass is 337 g/mol. The maximum absolute atomic E-state index is 12.5. The van der Waals surface area contributed by atoms with Gasteiger partial charge in [-0.3, -0.25) is 4.79 Å². The fourth-order valence-corrected chi connectivity index (χ4v) is 4.94. The first kappa shape index (κ1) is 15.2. The third-order valence-corrected chi connectivity index (χ3v) is 6.06. The predicted octanol–water partition coefficient (Wildman–Crippen LogP) is 3.50. The molecule has 1 aromatic heterocycles. The van der Waals surface area contributed by atoms with Crippen LogP contribution in [0.1, 0.15) is 34.4 Å². The van der Waals surface area contributed by atoms with E-state index >= 15 is 0 Å². The van der Waals surface area contributed by atoms with E-state index in [1.54, 1.807) is 11.3 Å². The lowest BCUT2D eigenvalue weighted by Crippen LogP contribution is -2.31. The highest BCUT2D eigenvalue weighted by Crippen LogP contribution is 2.37. The summed E-state index contributed by atoms with van der Waals surface area (Å²) in [5.74, 6) is -0.0400. The summed E-state index contributed by atoms with van der Waals surface area (Å²) in [5.41, 5.74) is 4.30. The smallest absolute Gasteiger partial charge is 0.244 e. The third-order valence-electron chi connectivity index (χ3n) is 4.85. The first-order chi connectivity index (χ1) is 11.8. The van der Waals surface area contributed by atoms with Crippen LogP contribution in [0, 0.1) is 11.3 Å². The van der Waals surface area contributed by atoms with Gasteiger partial charge in [0.15, 0.2) is 0 Å². The molecule has 1 N–H and O–H groups in total. The van der Waals surface area contributed by atoms with Crippen LogP contribution in [-0.2, 0) is 24.1 Å². The van der Waals surface area contributed by atoms with Crippen molar-refractivity contribution in [3.63, 3.8) is 0 Å². The molecule has 0 radical (unpaired) electrons. The Hall–Kier alpha value is -2.32. The molecule has 1 aromatic carbocycles. The van der Waals surface area contributed by atoms with Crippen LogP contribution in [0.5, 0.6) is 0 Å². The number of rotatable bonds is 3. The number of nitrogens with zero attached hydrogens (tertiary/aromatic N) is 2. The van der Waals surface area contributed by atoms with Crippen molar-refractivity contribution in [1.29, 1.82) is 5.26 Å². The average molecular weight is 337 g/mol. The number of benzene rings is 1. The summed E-state index contributed by atoms with van der Waals surface area (Å²) < 4.78 is 0. The minimum Gasteiger partial charge on any atom is -0.362 e. The zero-order valence-corrected chi connectivity index (χ0v) is 14.3. The topological polar surface area (TPSA) is 56.1 Å². The van der Waals surface area contributed by atoms with Gasteiger partial charge in [0.05, 0.1) is 12.1 Å². The summed E-state index contributed by atoms with van der Waals surface area (Å²) in [6.45, 7) is 1.21. The highest BCUT2D eigenvalue weighted by Gasteiger charge is 2.24. The van der Waals surface area contributed by atoms with Crippen LogP contribution >= 0.6 is 11.3 Å². The van der Waals surface area contributed by atoms with E-state index in [1.165, 1.54) is 16.9 Å². The molecule has 0 saturated heterocycles. The Morgan fingerprint density at radius 3 is 2.96 bits per heavy atom. The van der Waals surface area contributed by atoms with Gasteiger partial charge >= 0.3 is 0 Å². The molecule has 0 unspecified atom stereocenters. The standard InChI is InChI=1S/C19H19N3OS/c20-11-15-14-6-2-4-8-17(14)24-19(15)21-18(23)12-22-10-9-13-5-1-3-7-16(13)22/h1,3,5,7H,2,4,6,8-10,12H2,(H,21,23). The largest absolute Gasteiger partial charge is 0.362 e. The van der Waals surface area contributed by atoms with E-state index < -0.39 is 0 Å². The molecule has 1 amide bonds. The molecule has 0 fully saturated rings. The first-order valence-corrected chi connectivity index (χ1v) is 9.25. The average Bonchev–Trinajstić information content (AvgIpc) is 3.16. The second-order valence-corrected chi connectivity index (χ2v) is 7.48. The summed E-state index contributed by atoms with van der Waals surface area (Å²) in [6.07, 6.45) is 5.29. The zero-order valence-electron chi connectivity index (χ0n) is 13.5. The quantitative estimate of drug-likeness (QED) is 0.932. The van der Waals surface area contributed by atoms with Crippen molar-refractivity contribution < 1.29 is 4.79 Å². The van der Waals surface area contributed by atoms with Gasteiger partial charge in [0.1, 0.15) is 11.1 Å². The molecule has 2 aliphatic rings. The number of thiophene rings is 1. The fourth-order valence-electron chi connectivity index (χ4n) is 3.68. The Morgan fingerprint density at radius 1 is 1.25 bits per heavy atom. The van der Waals surface area contributed by atoms with Gasteiger partial charge < -0.3 is 10.2 Å². The maximum atomic E-state index is 12.5. The van der Waals surface area contributed by atoms with Crippen LogP contribution in [0.4, 0.5) is 10.7 Å². The van der Waals surface area contributed by atoms with Crippen LogP contribution in [0.25, 0.3) is 0 Å². The number of amides is 1. The lowest BCUT2D eigenvalue weighted by atomic mass is 9.96. The van der Waals surface area contributed by atoms with Gasteiger partial charge in [-0.25, -0.2) is 0 Å². The van der Waals surface area contributed by atoms with E-state index in [0.717, 1.165) is 48.5 Å². The van der Waals surface area contributed by atoms with Crippen LogP contribution in [0.2, 0.25) is 0 Å². The second-order valence-electron chi connectivity index (χ2n) is 6.38. The number of fused-ring (bicyclic) bond motifs is 2. The number of nitriles is 1. The summed E-state index contributed by atoms with van der Waals surface area (Å²) >= 11 is 1.59. The van der Waals surface area contributed by atoms with Gasteiger partial charge in [-0.05, 0) is 49.3 Å². The molecule has 0 spiro atoms. The second kappa shape index (κ2) is 6.29. The molecule has 0 atom stereocenters. The van der Waals surface area contributed by atoms with Crippen molar-refractivity contribution in [2.45, 2.75) is 32.1 Å². The Labute approximate surface area is 145 Å². The van der Waals surface area contributed by atoms with E-state index in [2.05, 4.69) is 28.4 Å². The summed E-state index contributed by atoms with van der Waals surface area (Å²) in [7, 11) is 0. The minimum absolute atomic E-state index is 0.0400. The Bertz CT molecular complexity index is 834. The maximum Gasteiger partial charge on any atom is 0.244 e. The number of carbonyl (C=O) groups excluding carboxylic acids is 1. The highest BCUT2D eigenvalue weighted by molar-refractivity contribution is 7.16. The van der Waals surface area contributed by atoms with Crippen molar-refractivity contribution in [3.8, 4) is 6.07 Å². The number of hydrogen-bond donors (Lipinski definition) is 1. The highest BCUT2D eigenvalue weighted by atomic mass is 32.1. The molecule has 4 rings (SSSR count). The number of para-hydroxylation sites is 1. The lowest BCUT2D eigenvalue weighted by molar-refractivity contribution is -0.114. The van der Waals surface area contributed by atoms with E-state index in [-0.39, 0.29) is 5.91 Å². The van der Waals surface area contributed by atoms with Gasteiger partial charge in [-0.2, -0.15) is 5.26 Å². The van der Waals surface area contributed by atoms with E-state index in [0.29, 0.717) is 12.1 Å². The van der Waals surface area contributed by atoms with Gasteiger partial charge in [-0.1, -0.05) is 18.2 Å². The SMILES string of the molecule is N#Cc1c(NC(=O)CN2CCc3ccccc32)sc2c1CCCC2. The summed E-state index contributed by atoms with van der Waals surface area (Å²) in [5, 5.41) is 13.2. The molecular formula is C19H19N3OS. The van der Waals surface area contributed by atoms with E-state index in [4.69, 9.17) is 0 Å². The van der Waals surface area contributed by atoms with Crippen molar-refractivity contribution in [3.05, 3.63) is 45.8 Å². The Morgan fingerprint density at radius 2 is 2.08 bits per heavy atom.